The Morgan fingerprint density at radius 2 is 2.09 bits per heavy atom. The van der Waals surface area contributed by atoms with E-state index in [2.05, 4.69) is 0 Å². The van der Waals surface area contributed by atoms with Crippen LogP contribution in [0.2, 0.25) is 0 Å². The number of halogens is 1. The highest BCUT2D eigenvalue weighted by atomic mass is 19.1. The van der Waals surface area contributed by atoms with E-state index in [0.717, 1.165) is 5.56 Å². The molecule has 1 atom stereocenters. The van der Waals surface area contributed by atoms with Crippen LogP contribution in [0, 0.1) is 12.7 Å². The molecule has 2 heterocycles. The molecule has 1 aliphatic rings. The van der Waals surface area contributed by atoms with Crippen LogP contribution in [0.4, 0.5) is 10.1 Å². The van der Waals surface area contributed by atoms with E-state index in [9.17, 15) is 14.0 Å². The molecule has 1 fully saturated rings. The fourth-order valence-corrected chi connectivity index (χ4v) is 2.76. The molecule has 120 valence electrons. The molecule has 0 spiro atoms. The molecule has 2 aromatic rings. The Balaban J connectivity index is 1.84. The van der Waals surface area contributed by atoms with Gasteiger partial charge in [0.2, 0.25) is 5.91 Å². The van der Waals surface area contributed by atoms with Gasteiger partial charge in [-0.3, -0.25) is 9.59 Å². The summed E-state index contributed by atoms with van der Waals surface area (Å²) >= 11 is 0. The smallest absolute Gasteiger partial charge is 0.290 e. The van der Waals surface area contributed by atoms with Crippen molar-refractivity contribution in [2.45, 2.75) is 19.9 Å². The van der Waals surface area contributed by atoms with Crippen LogP contribution in [-0.2, 0) is 4.79 Å². The van der Waals surface area contributed by atoms with E-state index in [-0.39, 0.29) is 29.8 Å². The molecule has 1 aromatic carbocycles. The Morgan fingerprint density at radius 1 is 1.30 bits per heavy atom. The molecule has 6 heteroatoms. The Bertz CT molecular complexity index is 742. The maximum absolute atomic E-state index is 14.0. The molecule has 1 aromatic heterocycles. The summed E-state index contributed by atoms with van der Waals surface area (Å²) in [7, 11) is 0. The average molecular weight is 316 g/mol. The Kier molecular flexibility index (Phi) is 3.90. The van der Waals surface area contributed by atoms with Gasteiger partial charge in [0, 0.05) is 13.1 Å². The molecule has 23 heavy (non-hydrogen) atoms. The maximum Gasteiger partial charge on any atom is 0.290 e. The van der Waals surface area contributed by atoms with Gasteiger partial charge >= 0.3 is 0 Å². The lowest BCUT2D eigenvalue weighted by atomic mass is 10.1. The van der Waals surface area contributed by atoms with Crippen molar-refractivity contribution in [3.05, 3.63) is 53.7 Å². The van der Waals surface area contributed by atoms with Gasteiger partial charge in [0.05, 0.1) is 12.0 Å². The number of carbonyl (C=O) groups is 2. The lowest BCUT2D eigenvalue weighted by Gasteiger charge is -2.38. The molecular formula is C17H17FN2O3. The second-order valence-electron chi connectivity index (χ2n) is 5.60. The third-order valence-electron chi connectivity index (χ3n) is 4.04. The van der Waals surface area contributed by atoms with Gasteiger partial charge in [-0.15, -0.1) is 0 Å². The summed E-state index contributed by atoms with van der Waals surface area (Å²) in [6.07, 6.45) is 1.41. The minimum absolute atomic E-state index is 0.194. The fourth-order valence-electron chi connectivity index (χ4n) is 2.76. The van der Waals surface area contributed by atoms with Gasteiger partial charge in [-0.25, -0.2) is 4.39 Å². The number of aryl methyl sites for hydroxylation is 1. The molecular weight excluding hydrogens is 299 g/mol. The topological polar surface area (TPSA) is 53.8 Å². The molecule has 1 aliphatic heterocycles. The Morgan fingerprint density at radius 3 is 2.78 bits per heavy atom. The first-order valence-corrected chi connectivity index (χ1v) is 7.41. The van der Waals surface area contributed by atoms with Crippen molar-refractivity contribution >= 4 is 17.5 Å². The summed E-state index contributed by atoms with van der Waals surface area (Å²) in [6, 6.07) is 7.15. The predicted octanol–water partition coefficient (Wildman–Crippen LogP) is 2.60. The van der Waals surface area contributed by atoms with E-state index in [1.165, 1.54) is 22.1 Å². The van der Waals surface area contributed by atoms with E-state index in [1.54, 1.807) is 31.2 Å². The fraction of sp³-hybridized carbons (Fsp3) is 0.294. The third kappa shape index (κ3) is 2.72. The van der Waals surface area contributed by atoms with Gasteiger partial charge < -0.3 is 14.2 Å². The second-order valence-corrected chi connectivity index (χ2v) is 5.60. The number of rotatable bonds is 2. The van der Waals surface area contributed by atoms with Gasteiger partial charge in [0.25, 0.3) is 5.91 Å². The van der Waals surface area contributed by atoms with Crippen molar-refractivity contribution in [2.75, 3.05) is 18.0 Å². The number of hydrogen-bond donors (Lipinski definition) is 0. The van der Waals surface area contributed by atoms with E-state index in [0.29, 0.717) is 6.54 Å². The van der Waals surface area contributed by atoms with Gasteiger partial charge in [-0.2, -0.15) is 0 Å². The zero-order chi connectivity index (χ0) is 16.6. The minimum Gasteiger partial charge on any atom is -0.459 e. The third-order valence-corrected chi connectivity index (χ3v) is 4.04. The quantitative estimate of drug-likeness (QED) is 0.856. The second kappa shape index (κ2) is 5.87. The highest BCUT2D eigenvalue weighted by Gasteiger charge is 2.36. The van der Waals surface area contributed by atoms with Crippen LogP contribution < -0.4 is 4.90 Å². The summed E-state index contributed by atoms with van der Waals surface area (Å²) in [5.74, 6) is -0.886. The number of furan rings is 1. The molecule has 0 aliphatic carbocycles. The molecule has 0 radical (unpaired) electrons. The predicted molar refractivity (Wildman–Crippen MR) is 82.7 cm³/mol. The Labute approximate surface area is 133 Å². The summed E-state index contributed by atoms with van der Waals surface area (Å²) < 4.78 is 19.1. The van der Waals surface area contributed by atoms with E-state index < -0.39 is 11.9 Å². The summed E-state index contributed by atoms with van der Waals surface area (Å²) in [5, 5.41) is 0. The Hall–Kier alpha value is -2.63. The SMILES string of the molecule is Cc1ccc(F)c(N2CCN(C(=O)c3ccco3)[C@H](C)C2=O)c1. The van der Waals surface area contributed by atoms with E-state index >= 15 is 0 Å². The van der Waals surface area contributed by atoms with Crippen molar-refractivity contribution in [2.24, 2.45) is 0 Å². The van der Waals surface area contributed by atoms with Gasteiger partial charge in [-0.05, 0) is 43.7 Å². The van der Waals surface area contributed by atoms with Crippen LogP contribution in [0.3, 0.4) is 0 Å². The van der Waals surface area contributed by atoms with Crippen LogP contribution in [0.1, 0.15) is 23.0 Å². The molecule has 0 N–H and O–H groups in total. The molecule has 2 amide bonds. The largest absolute Gasteiger partial charge is 0.459 e. The van der Waals surface area contributed by atoms with Crippen molar-refractivity contribution in [1.82, 2.24) is 4.90 Å². The summed E-state index contributed by atoms with van der Waals surface area (Å²) in [6.45, 7) is 4.05. The highest BCUT2D eigenvalue weighted by Crippen LogP contribution is 2.25. The standard InChI is InChI=1S/C17H17FN2O3/c1-11-5-6-13(18)14(10-11)20-8-7-19(12(2)16(20)21)17(22)15-4-3-9-23-15/h3-6,9-10,12H,7-8H2,1-2H3/t12-/m1/s1. The number of anilines is 1. The molecule has 0 saturated carbocycles. The highest BCUT2D eigenvalue weighted by molar-refractivity contribution is 6.02. The van der Waals surface area contributed by atoms with Crippen LogP contribution in [0.25, 0.3) is 0 Å². The maximum atomic E-state index is 14.0. The van der Waals surface area contributed by atoms with Crippen molar-refractivity contribution in [1.29, 1.82) is 0 Å². The van der Waals surface area contributed by atoms with E-state index in [1.807, 2.05) is 6.92 Å². The first-order valence-electron chi connectivity index (χ1n) is 7.41. The van der Waals surface area contributed by atoms with Gasteiger partial charge in [0.1, 0.15) is 11.9 Å². The summed E-state index contributed by atoms with van der Waals surface area (Å²) in [4.78, 5) is 27.8. The van der Waals surface area contributed by atoms with Gasteiger partial charge in [0.15, 0.2) is 5.76 Å². The van der Waals surface area contributed by atoms with Crippen LogP contribution in [-0.4, -0.2) is 35.8 Å². The number of carbonyl (C=O) groups excluding carboxylic acids is 2. The minimum atomic E-state index is -0.679. The first-order chi connectivity index (χ1) is 11.0. The lowest BCUT2D eigenvalue weighted by molar-refractivity contribution is -0.124. The first kappa shape index (κ1) is 15.3. The summed E-state index contributed by atoms with van der Waals surface area (Å²) in [5.41, 5.74) is 1.13. The number of nitrogens with zero attached hydrogens (tertiary/aromatic N) is 2. The zero-order valence-electron chi connectivity index (χ0n) is 13.0. The molecule has 5 nitrogen and oxygen atoms in total. The van der Waals surface area contributed by atoms with Crippen molar-refractivity contribution < 1.29 is 18.4 Å². The molecule has 0 unspecified atom stereocenters. The average Bonchev–Trinajstić information content (AvgIpc) is 3.06. The number of piperazine rings is 1. The molecule has 0 bridgehead atoms. The van der Waals surface area contributed by atoms with Crippen molar-refractivity contribution in [3.63, 3.8) is 0 Å². The molecule has 1 saturated heterocycles. The van der Waals surface area contributed by atoms with Crippen molar-refractivity contribution in [3.8, 4) is 0 Å². The number of hydrogen-bond acceptors (Lipinski definition) is 3. The molecule has 3 rings (SSSR count). The van der Waals surface area contributed by atoms with Crippen LogP contribution >= 0.6 is 0 Å². The lowest BCUT2D eigenvalue weighted by Crippen LogP contribution is -2.58. The van der Waals surface area contributed by atoms with Gasteiger partial charge in [-0.1, -0.05) is 6.07 Å². The zero-order valence-corrected chi connectivity index (χ0v) is 13.0. The number of amides is 2. The van der Waals surface area contributed by atoms with Crippen LogP contribution in [0.15, 0.2) is 41.0 Å². The van der Waals surface area contributed by atoms with E-state index in [4.69, 9.17) is 4.42 Å². The normalized spacial score (nSPS) is 18.4. The van der Waals surface area contributed by atoms with Crippen LogP contribution in [0.5, 0.6) is 0 Å². The number of benzene rings is 1. The monoisotopic (exact) mass is 316 g/mol.